The van der Waals surface area contributed by atoms with Crippen LogP contribution >= 0.6 is 11.6 Å². The number of halogens is 2. The number of amides is 1. The zero-order valence-corrected chi connectivity index (χ0v) is 11.1. The molecule has 2 rings (SSSR count). The topological polar surface area (TPSA) is 29.1 Å². The van der Waals surface area contributed by atoms with Crippen molar-refractivity contribution in [3.8, 4) is 0 Å². The zero-order chi connectivity index (χ0) is 13.8. The number of benzene rings is 2. The third-order valence-electron chi connectivity index (χ3n) is 2.84. The lowest BCUT2D eigenvalue weighted by Crippen LogP contribution is -2.26. The maximum atomic E-state index is 12.8. The maximum Gasteiger partial charge on any atom is 0.253 e. The van der Waals surface area contributed by atoms with Crippen molar-refractivity contribution in [2.45, 2.75) is 13.0 Å². The summed E-state index contributed by atoms with van der Waals surface area (Å²) in [5.41, 5.74) is 1.26. The van der Waals surface area contributed by atoms with Crippen LogP contribution in [-0.2, 0) is 0 Å². The Labute approximate surface area is 116 Å². The molecule has 98 valence electrons. The van der Waals surface area contributed by atoms with Gasteiger partial charge < -0.3 is 5.32 Å². The van der Waals surface area contributed by atoms with Crippen LogP contribution in [0.4, 0.5) is 4.39 Å². The molecule has 1 amide bonds. The molecule has 1 atom stereocenters. The Kier molecular flexibility index (Phi) is 4.17. The van der Waals surface area contributed by atoms with E-state index in [4.69, 9.17) is 11.6 Å². The summed E-state index contributed by atoms with van der Waals surface area (Å²) in [6, 6.07) is 12.7. The molecule has 4 heteroatoms. The van der Waals surface area contributed by atoms with Crippen molar-refractivity contribution in [3.63, 3.8) is 0 Å². The Hall–Kier alpha value is -1.87. The molecule has 0 unspecified atom stereocenters. The molecule has 0 saturated carbocycles. The molecule has 0 saturated heterocycles. The fraction of sp³-hybridized carbons (Fsp3) is 0.133. The normalized spacial score (nSPS) is 11.9. The third-order valence-corrected chi connectivity index (χ3v) is 3.17. The van der Waals surface area contributed by atoms with E-state index < -0.39 is 0 Å². The molecular weight excluding hydrogens is 265 g/mol. The molecule has 0 aliphatic heterocycles. The molecule has 0 aliphatic carbocycles. The van der Waals surface area contributed by atoms with Crippen LogP contribution in [0.3, 0.4) is 0 Å². The van der Waals surface area contributed by atoms with Crippen molar-refractivity contribution < 1.29 is 9.18 Å². The highest BCUT2D eigenvalue weighted by Gasteiger charge is 2.13. The van der Waals surface area contributed by atoms with Crippen LogP contribution < -0.4 is 5.32 Å². The van der Waals surface area contributed by atoms with Crippen molar-refractivity contribution in [2.75, 3.05) is 0 Å². The van der Waals surface area contributed by atoms with Gasteiger partial charge in [0.1, 0.15) is 5.82 Å². The van der Waals surface area contributed by atoms with Crippen molar-refractivity contribution in [3.05, 3.63) is 70.5 Å². The predicted molar refractivity (Wildman–Crippen MR) is 73.7 cm³/mol. The minimum absolute atomic E-state index is 0.218. The largest absolute Gasteiger partial charge is 0.345 e. The molecular formula is C15H13ClFNO. The molecule has 0 bridgehead atoms. The fourth-order valence-electron chi connectivity index (χ4n) is 1.75. The standard InChI is InChI=1S/C15H13ClFNO/c1-10(11-6-8-12(17)9-7-11)18-15(19)13-4-2-3-5-14(13)16/h2-10H,1H3,(H,18,19)/t10-/m0/s1. The van der Waals surface area contributed by atoms with E-state index in [1.165, 1.54) is 12.1 Å². The summed E-state index contributed by atoms with van der Waals surface area (Å²) in [6.07, 6.45) is 0. The van der Waals surface area contributed by atoms with Gasteiger partial charge in [-0.15, -0.1) is 0 Å². The summed E-state index contributed by atoms with van der Waals surface area (Å²) in [5.74, 6) is -0.546. The van der Waals surface area contributed by atoms with E-state index in [9.17, 15) is 9.18 Å². The average molecular weight is 278 g/mol. The van der Waals surface area contributed by atoms with E-state index in [2.05, 4.69) is 5.32 Å². The SMILES string of the molecule is C[C@H](NC(=O)c1ccccc1Cl)c1ccc(F)cc1. The Balaban J connectivity index is 2.11. The van der Waals surface area contributed by atoms with Crippen molar-refractivity contribution in [1.29, 1.82) is 0 Å². The maximum absolute atomic E-state index is 12.8. The summed E-state index contributed by atoms with van der Waals surface area (Å²) in [7, 11) is 0. The lowest BCUT2D eigenvalue weighted by Gasteiger charge is -2.14. The van der Waals surface area contributed by atoms with Crippen LogP contribution in [0.15, 0.2) is 48.5 Å². The number of nitrogens with one attached hydrogen (secondary N) is 1. The zero-order valence-electron chi connectivity index (χ0n) is 10.4. The number of hydrogen-bond donors (Lipinski definition) is 1. The van der Waals surface area contributed by atoms with Crippen LogP contribution in [0, 0.1) is 5.82 Å². The Morgan fingerprint density at radius 2 is 1.79 bits per heavy atom. The number of carbonyl (C=O) groups excluding carboxylic acids is 1. The molecule has 0 heterocycles. The smallest absolute Gasteiger partial charge is 0.253 e. The van der Waals surface area contributed by atoms with Gasteiger partial charge in [0.2, 0.25) is 0 Å². The highest BCUT2D eigenvalue weighted by atomic mass is 35.5. The monoisotopic (exact) mass is 277 g/mol. The van der Waals surface area contributed by atoms with E-state index in [0.717, 1.165) is 5.56 Å². The molecule has 0 aliphatic rings. The summed E-state index contributed by atoms with van der Waals surface area (Å²) in [4.78, 5) is 12.0. The van der Waals surface area contributed by atoms with Gasteiger partial charge in [0.25, 0.3) is 5.91 Å². The number of carbonyl (C=O) groups is 1. The van der Waals surface area contributed by atoms with Gasteiger partial charge >= 0.3 is 0 Å². The van der Waals surface area contributed by atoms with Crippen molar-refractivity contribution in [2.24, 2.45) is 0 Å². The molecule has 2 aromatic carbocycles. The van der Waals surface area contributed by atoms with Crippen LogP contribution in [0.5, 0.6) is 0 Å². The number of hydrogen-bond acceptors (Lipinski definition) is 1. The second kappa shape index (κ2) is 5.85. The first-order chi connectivity index (χ1) is 9.08. The highest BCUT2D eigenvalue weighted by Crippen LogP contribution is 2.17. The first kappa shape index (κ1) is 13.6. The molecule has 1 N–H and O–H groups in total. The van der Waals surface area contributed by atoms with Gasteiger partial charge in [-0.25, -0.2) is 4.39 Å². The van der Waals surface area contributed by atoms with E-state index in [1.807, 2.05) is 6.92 Å². The van der Waals surface area contributed by atoms with Gasteiger partial charge in [-0.1, -0.05) is 35.9 Å². The van der Waals surface area contributed by atoms with Crippen molar-refractivity contribution >= 4 is 17.5 Å². The lowest BCUT2D eigenvalue weighted by molar-refractivity contribution is 0.0940. The van der Waals surface area contributed by atoms with Crippen LogP contribution in [-0.4, -0.2) is 5.91 Å². The third kappa shape index (κ3) is 3.32. The van der Waals surface area contributed by atoms with Crippen LogP contribution in [0.1, 0.15) is 28.9 Å². The number of rotatable bonds is 3. The summed E-state index contributed by atoms with van der Waals surface area (Å²) in [6.45, 7) is 1.84. The quantitative estimate of drug-likeness (QED) is 0.904. The lowest BCUT2D eigenvalue weighted by atomic mass is 10.1. The second-order valence-electron chi connectivity index (χ2n) is 4.23. The molecule has 0 spiro atoms. The van der Waals surface area contributed by atoms with E-state index in [-0.39, 0.29) is 17.8 Å². The van der Waals surface area contributed by atoms with Gasteiger partial charge in [0.15, 0.2) is 0 Å². The molecule has 0 fully saturated rings. The Bertz CT molecular complexity index is 583. The van der Waals surface area contributed by atoms with Gasteiger partial charge in [-0.05, 0) is 36.8 Å². The van der Waals surface area contributed by atoms with Crippen molar-refractivity contribution in [1.82, 2.24) is 5.32 Å². The van der Waals surface area contributed by atoms with E-state index in [0.29, 0.717) is 10.6 Å². The fourth-order valence-corrected chi connectivity index (χ4v) is 1.98. The van der Waals surface area contributed by atoms with Gasteiger partial charge in [-0.3, -0.25) is 4.79 Å². The molecule has 19 heavy (non-hydrogen) atoms. The molecule has 0 radical (unpaired) electrons. The van der Waals surface area contributed by atoms with Crippen LogP contribution in [0.25, 0.3) is 0 Å². The van der Waals surface area contributed by atoms with E-state index >= 15 is 0 Å². The Morgan fingerprint density at radius 3 is 2.42 bits per heavy atom. The van der Waals surface area contributed by atoms with E-state index in [1.54, 1.807) is 36.4 Å². The minimum Gasteiger partial charge on any atom is -0.345 e. The Morgan fingerprint density at radius 1 is 1.16 bits per heavy atom. The summed E-state index contributed by atoms with van der Waals surface area (Å²) >= 11 is 5.96. The average Bonchev–Trinajstić information content (AvgIpc) is 2.39. The minimum atomic E-state index is -0.298. The van der Waals surface area contributed by atoms with Gasteiger partial charge in [0.05, 0.1) is 16.6 Å². The summed E-state index contributed by atoms with van der Waals surface area (Å²) in [5, 5.41) is 3.24. The summed E-state index contributed by atoms with van der Waals surface area (Å²) < 4.78 is 12.8. The second-order valence-corrected chi connectivity index (χ2v) is 4.63. The van der Waals surface area contributed by atoms with Crippen LogP contribution in [0.2, 0.25) is 5.02 Å². The predicted octanol–water partition coefficient (Wildman–Crippen LogP) is 3.97. The first-order valence-electron chi connectivity index (χ1n) is 5.89. The molecule has 0 aromatic heterocycles. The molecule has 2 aromatic rings. The highest BCUT2D eigenvalue weighted by molar-refractivity contribution is 6.33. The van der Waals surface area contributed by atoms with Gasteiger partial charge in [0, 0.05) is 0 Å². The molecule has 2 nitrogen and oxygen atoms in total. The van der Waals surface area contributed by atoms with Gasteiger partial charge in [-0.2, -0.15) is 0 Å². The first-order valence-corrected chi connectivity index (χ1v) is 6.26.